The van der Waals surface area contributed by atoms with Crippen molar-refractivity contribution in [3.05, 3.63) is 11.6 Å². The van der Waals surface area contributed by atoms with Crippen molar-refractivity contribution < 1.29 is 19.1 Å². The monoisotopic (exact) mass is 362 g/mol. The van der Waals surface area contributed by atoms with Crippen molar-refractivity contribution in [3.63, 3.8) is 0 Å². The van der Waals surface area contributed by atoms with Crippen LogP contribution in [0.1, 0.15) is 73.1 Å². The zero-order valence-corrected chi connectivity index (χ0v) is 17.0. The summed E-state index contributed by atoms with van der Waals surface area (Å²) in [7, 11) is 0. The average molecular weight is 363 g/mol. The van der Waals surface area contributed by atoms with Crippen LogP contribution in [0.2, 0.25) is 0 Å². The predicted octanol–water partition coefficient (Wildman–Crippen LogP) is 4.47. The van der Waals surface area contributed by atoms with Gasteiger partial charge in [-0.3, -0.25) is 9.59 Å². The zero-order chi connectivity index (χ0) is 19.1. The molecule has 1 saturated heterocycles. The van der Waals surface area contributed by atoms with E-state index in [1.165, 1.54) is 12.5 Å². The molecule has 6 atom stereocenters. The highest BCUT2D eigenvalue weighted by atomic mass is 16.6. The van der Waals surface area contributed by atoms with Gasteiger partial charge in [-0.25, -0.2) is 0 Å². The molecule has 0 unspecified atom stereocenters. The van der Waals surface area contributed by atoms with Crippen molar-refractivity contribution in [2.24, 2.45) is 23.2 Å². The molecule has 2 bridgehead atoms. The Bertz CT molecular complexity index is 609. The van der Waals surface area contributed by atoms with E-state index in [9.17, 15) is 9.59 Å². The molecule has 0 aromatic rings. The van der Waals surface area contributed by atoms with Gasteiger partial charge in [0.25, 0.3) is 0 Å². The second kappa shape index (κ2) is 7.10. The van der Waals surface area contributed by atoms with E-state index in [1.54, 1.807) is 0 Å². The third kappa shape index (κ3) is 3.62. The summed E-state index contributed by atoms with van der Waals surface area (Å²) in [4.78, 5) is 24.8. The number of Topliss-reactive ketones (excluding diaryl/α,β-unsaturated/α-hetero) is 1. The molecule has 3 rings (SSSR count). The lowest BCUT2D eigenvalue weighted by Crippen LogP contribution is -2.49. The van der Waals surface area contributed by atoms with Crippen LogP contribution in [0.25, 0.3) is 0 Å². The number of ketones is 1. The SMILES string of the molecule is CC(=O)OC[C@H]1[C@H]2CC[C@@H](C)[C@]1(C)CC/C(C)=C/CC[C@@]1(C)O[C@@H]1C2=O. The quantitative estimate of drug-likeness (QED) is 0.413. The van der Waals surface area contributed by atoms with Gasteiger partial charge in [-0.15, -0.1) is 0 Å². The van der Waals surface area contributed by atoms with Crippen molar-refractivity contribution in [2.45, 2.75) is 84.8 Å². The number of hydrogen-bond acceptors (Lipinski definition) is 4. The van der Waals surface area contributed by atoms with E-state index in [0.717, 1.165) is 38.5 Å². The number of fused-ring (bicyclic) bond motifs is 3. The van der Waals surface area contributed by atoms with Gasteiger partial charge in [-0.2, -0.15) is 0 Å². The van der Waals surface area contributed by atoms with Crippen LogP contribution in [0.4, 0.5) is 0 Å². The van der Waals surface area contributed by atoms with Crippen LogP contribution in [0.5, 0.6) is 0 Å². The lowest BCUT2D eigenvalue weighted by Gasteiger charge is -2.50. The first-order chi connectivity index (χ1) is 12.2. The molecule has 0 aromatic heterocycles. The van der Waals surface area contributed by atoms with E-state index in [-0.39, 0.29) is 40.7 Å². The number of ether oxygens (including phenoxy) is 2. The summed E-state index contributed by atoms with van der Waals surface area (Å²) in [6, 6.07) is 0. The van der Waals surface area contributed by atoms with Gasteiger partial charge < -0.3 is 9.47 Å². The molecule has 1 aliphatic heterocycles. The lowest BCUT2D eigenvalue weighted by atomic mass is 9.55. The fourth-order valence-electron chi connectivity index (χ4n) is 5.22. The Balaban J connectivity index is 1.95. The molecule has 0 N–H and O–H groups in total. The normalized spacial score (nSPS) is 45.4. The van der Waals surface area contributed by atoms with Gasteiger partial charge >= 0.3 is 5.97 Å². The summed E-state index contributed by atoms with van der Waals surface area (Å²) >= 11 is 0. The Morgan fingerprint density at radius 1 is 1.31 bits per heavy atom. The number of carbonyl (C=O) groups is 2. The maximum atomic E-state index is 13.3. The van der Waals surface area contributed by atoms with Gasteiger partial charge in [-0.1, -0.05) is 25.5 Å². The zero-order valence-electron chi connectivity index (χ0n) is 17.0. The number of hydrogen-bond donors (Lipinski definition) is 0. The highest BCUT2D eigenvalue weighted by Crippen LogP contribution is 2.54. The van der Waals surface area contributed by atoms with Crippen LogP contribution in [-0.2, 0) is 19.1 Å². The van der Waals surface area contributed by atoms with Gasteiger partial charge in [0.2, 0.25) is 0 Å². The van der Waals surface area contributed by atoms with Crippen LogP contribution in [0.3, 0.4) is 0 Å². The first kappa shape index (κ1) is 19.6. The first-order valence-corrected chi connectivity index (χ1v) is 10.2. The van der Waals surface area contributed by atoms with E-state index in [2.05, 4.69) is 33.8 Å². The van der Waals surface area contributed by atoms with E-state index in [4.69, 9.17) is 9.47 Å². The number of carbonyl (C=O) groups excluding carboxylic acids is 2. The maximum Gasteiger partial charge on any atom is 0.302 e. The maximum absolute atomic E-state index is 13.3. The molecule has 0 amide bonds. The second-order valence-electron chi connectivity index (χ2n) is 9.30. The first-order valence-electron chi connectivity index (χ1n) is 10.2. The summed E-state index contributed by atoms with van der Waals surface area (Å²) in [5.41, 5.74) is 1.10. The molecular formula is C22H34O4. The standard InChI is InChI=1S/C22H34O4/c1-14-7-6-11-22(5)20(26-22)19(24)17-9-8-15(2)21(4,12-10-14)18(17)13-25-16(3)23/h7,15,17-18,20H,6,8-13H2,1-5H3/b14-7+/t15-,17-,18+,20-,21+,22-/m1/s1. The average Bonchev–Trinajstić information content (AvgIpc) is 3.24. The smallest absolute Gasteiger partial charge is 0.302 e. The molecule has 4 heteroatoms. The van der Waals surface area contributed by atoms with E-state index in [1.807, 2.05) is 0 Å². The molecule has 26 heavy (non-hydrogen) atoms. The van der Waals surface area contributed by atoms with Gasteiger partial charge in [0.05, 0.1) is 6.61 Å². The van der Waals surface area contributed by atoms with Crippen molar-refractivity contribution in [1.29, 1.82) is 0 Å². The van der Waals surface area contributed by atoms with Gasteiger partial charge in [-0.05, 0) is 63.7 Å². The Kier molecular flexibility index (Phi) is 5.35. The third-order valence-electron chi connectivity index (χ3n) is 7.54. The van der Waals surface area contributed by atoms with Crippen LogP contribution in [0, 0.1) is 23.2 Å². The number of allylic oxidation sites excluding steroid dienone is 2. The van der Waals surface area contributed by atoms with Crippen molar-refractivity contribution in [1.82, 2.24) is 0 Å². The Morgan fingerprint density at radius 3 is 2.73 bits per heavy atom. The molecule has 1 saturated carbocycles. The van der Waals surface area contributed by atoms with Crippen molar-refractivity contribution >= 4 is 11.8 Å². The molecule has 4 nitrogen and oxygen atoms in total. The van der Waals surface area contributed by atoms with Crippen LogP contribution < -0.4 is 0 Å². The van der Waals surface area contributed by atoms with Gasteiger partial charge in [0.15, 0.2) is 5.78 Å². The molecule has 2 aliphatic carbocycles. The molecule has 0 radical (unpaired) electrons. The topological polar surface area (TPSA) is 55.9 Å². The van der Waals surface area contributed by atoms with E-state index in [0.29, 0.717) is 12.5 Å². The molecule has 0 aromatic carbocycles. The Morgan fingerprint density at radius 2 is 2.04 bits per heavy atom. The number of esters is 1. The van der Waals surface area contributed by atoms with Crippen molar-refractivity contribution in [3.8, 4) is 0 Å². The van der Waals surface area contributed by atoms with Gasteiger partial charge in [0, 0.05) is 18.8 Å². The summed E-state index contributed by atoms with van der Waals surface area (Å²) in [5.74, 6) is 0.495. The second-order valence-corrected chi connectivity index (χ2v) is 9.30. The molecular weight excluding hydrogens is 328 g/mol. The van der Waals surface area contributed by atoms with Crippen LogP contribution >= 0.6 is 0 Å². The minimum absolute atomic E-state index is 0.00633. The minimum Gasteiger partial charge on any atom is -0.466 e. The van der Waals surface area contributed by atoms with Crippen molar-refractivity contribution in [2.75, 3.05) is 6.61 Å². The molecule has 1 heterocycles. The summed E-state index contributed by atoms with van der Waals surface area (Å²) < 4.78 is 11.4. The minimum atomic E-state index is -0.307. The third-order valence-corrected chi connectivity index (χ3v) is 7.54. The molecule has 3 aliphatic rings. The summed E-state index contributed by atoms with van der Waals surface area (Å²) in [6.07, 6.45) is 7.91. The van der Waals surface area contributed by atoms with Gasteiger partial charge in [0.1, 0.15) is 11.7 Å². The highest BCUT2D eigenvalue weighted by Gasteiger charge is 2.60. The molecule has 0 spiro atoms. The molecule has 2 fully saturated rings. The number of epoxide rings is 1. The lowest BCUT2D eigenvalue weighted by molar-refractivity contribution is -0.151. The highest BCUT2D eigenvalue weighted by molar-refractivity contribution is 5.89. The van der Waals surface area contributed by atoms with Crippen LogP contribution in [0.15, 0.2) is 11.6 Å². The fourth-order valence-corrected chi connectivity index (χ4v) is 5.22. The fraction of sp³-hybridized carbons (Fsp3) is 0.818. The Labute approximate surface area is 157 Å². The van der Waals surface area contributed by atoms with E-state index < -0.39 is 0 Å². The largest absolute Gasteiger partial charge is 0.466 e. The van der Waals surface area contributed by atoms with Crippen LogP contribution in [-0.4, -0.2) is 30.1 Å². The van der Waals surface area contributed by atoms with E-state index >= 15 is 0 Å². The predicted molar refractivity (Wildman–Crippen MR) is 101 cm³/mol. The summed E-state index contributed by atoms with van der Waals surface area (Å²) in [6.45, 7) is 10.7. The molecule has 146 valence electrons. The summed E-state index contributed by atoms with van der Waals surface area (Å²) in [5, 5.41) is 0. The number of rotatable bonds is 2. The Hall–Kier alpha value is -1.16.